The predicted octanol–water partition coefficient (Wildman–Crippen LogP) is 3.15. The minimum Gasteiger partial charge on any atom is -0.278 e. The summed E-state index contributed by atoms with van der Waals surface area (Å²) in [7, 11) is -3.86. The van der Waals surface area contributed by atoms with E-state index in [0.29, 0.717) is 5.02 Å². The molecule has 102 valence electrons. The van der Waals surface area contributed by atoms with Crippen LogP contribution in [-0.2, 0) is 10.0 Å². The Morgan fingerprint density at radius 1 is 1.15 bits per heavy atom. The van der Waals surface area contributed by atoms with E-state index in [1.165, 1.54) is 30.3 Å². The molecule has 4 nitrogen and oxygen atoms in total. The highest BCUT2D eigenvalue weighted by Gasteiger charge is 2.16. The minimum atomic E-state index is -3.86. The van der Waals surface area contributed by atoms with Crippen molar-refractivity contribution in [2.24, 2.45) is 0 Å². The van der Waals surface area contributed by atoms with E-state index in [2.05, 4.69) is 4.72 Å². The van der Waals surface area contributed by atoms with Gasteiger partial charge in [0.25, 0.3) is 10.0 Å². The van der Waals surface area contributed by atoms with E-state index in [1.54, 1.807) is 6.07 Å². The molecule has 2 rings (SSSR count). The number of rotatable bonds is 3. The zero-order chi connectivity index (χ0) is 14.8. The molecule has 0 heterocycles. The van der Waals surface area contributed by atoms with Crippen LogP contribution in [0, 0.1) is 17.1 Å². The summed E-state index contributed by atoms with van der Waals surface area (Å²) in [6.07, 6.45) is 0. The van der Waals surface area contributed by atoms with Crippen LogP contribution in [0.4, 0.5) is 10.1 Å². The Morgan fingerprint density at radius 3 is 2.40 bits per heavy atom. The largest absolute Gasteiger partial charge is 0.278 e. The number of hydrogen-bond acceptors (Lipinski definition) is 3. The van der Waals surface area contributed by atoms with Crippen LogP contribution in [0.5, 0.6) is 0 Å². The van der Waals surface area contributed by atoms with Gasteiger partial charge in [-0.25, -0.2) is 12.8 Å². The molecule has 0 aromatic heterocycles. The van der Waals surface area contributed by atoms with Gasteiger partial charge in [0.05, 0.1) is 16.1 Å². The summed E-state index contributed by atoms with van der Waals surface area (Å²) in [6.45, 7) is 0. The van der Waals surface area contributed by atoms with Crippen molar-refractivity contribution in [2.45, 2.75) is 4.90 Å². The molecule has 7 heteroatoms. The second kappa shape index (κ2) is 5.49. The predicted molar refractivity (Wildman–Crippen MR) is 73.4 cm³/mol. The molecule has 0 fully saturated rings. The van der Waals surface area contributed by atoms with E-state index in [-0.39, 0.29) is 16.1 Å². The van der Waals surface area contributed by atoms with Crippen LogP contribution in [0.15, 0.2) is 47.4 Å². The molecule has 0 unspecified atom stereocenters. The van der Waals surface area contributed by atoms with Crippen molar-refractivity contribution in [2.75, 3.05) is 4.72 Å². The van der Waals surface area contributed by atoms with Crippen molar-refractivity contribution in [3.8, 4) is 6.07 Å². The normalized spacial score (nSPS) is 10.8. The van der Waals surface area contributed by atoms with Crippen LogP contribution in [0.25, 0.3) is 0 Å². The van der Waals surface area contributed by atoms with E-state index < -0.39 is 15.8 Å². The molecule has 0 saturated carbocycles. The number of sulfonamides is 1. The van der Waals surface area contributed by atoms with Crippen LogP contribution in [0.2, 0.25) is 5.02 Å². The zero-order valence-corrected chi connectivity index (χ0v) is 11.5. The third kappa shape index (κ3) is 3.07. The number of hydrogen-bond donors (Lipinski definition) is 1. The van der Waals surface area contributed by atoms with Gasteiger partial charge in [-0.1, -0.05) is 11.6 Å². The first-order valence-corrected chi connectivity index (χ1v) is 7.26. The highest BCUT2D eigenvalue weighted by Crippen LogP contribution is 2.21. The van der Waals surface area contributed by atoms with Gasteiger partial charge in [-0.2, -0.15) is 5.26 Å². The molecule has 0 amide bonds. The molecular weight excluding hydrogens is 303 g/mol. The number of nitrogens with zero attached hydrogens (tertiary/aromatic N) is 1. The molecule has 20 heavy (non-hydrogen) atoms. The van der Waals surface area contributed by atoms with Crippen molar-refractivity contribution in [1.82, 2.24) is 0 Å². The fraction of sp³-hybridized carbons (Fsp3) is 0. The van der Waals surface area contributed by atoms with Gasteiger partial charge in [-0.05, 0) is 42.5 Å². The number of nitrogens with one attached hydrogen (secondary N) is 1. The van der Waals surface area contributed by atoms with Crippen LogP contribution < -0.4 is 4.72 Å². The molecule has 0 saturated heterocycles. The lowest BCUT2D eigenvalue weighted by Gasteiger charge is -2.09. The Bertz CT molecular complexity index is 783. The number of anilines is 1. The fourth-order valence-corrected chi connectivity index (χ4v) is 2.72. The maximum Gasteiger partial charge on any atom is 0.261 e. The summed E-state index contributed by atoms with van der Waals surface area (Å²) in [6, 6.07) is 10.5. The summed E-state index contributed by atoms with van der Waals surface area (Å²) in [5.74, 6) is -0.615. The third-order valence-corrected chi connectivity index (χ3v) is 4.10. The van der Waals surface area contributed by atoms with Gasteiger partial charge in [-0.15, -0.1) is 0 Å². The van der Waals surface area contributed by atoms with Gasteiger partial charge >= 0.3 is 0 Å². The highest BCUT2D eigenvalue weighted by molar-refractivity contribution is 7.92. The highest BCUT2D eigenvalue weighted by atomic mass is 35.5. The second-order valence-corrected chi connectivity index (χ2v) is 5.98. The molecule has 0 aliphatic heterocycles. The molecule has 0 bridgehead atoms. The Hall–Kier alpha value is -2.10. The molecule has 0 aliphatic rings. The Morgan fingerprint density at radius 2 is 1.80 bits per heavy atom. The zero-order valence-electron chi connectivity index (χ0n) is 9.97. The quantitative estimate of drug-likeness (QED) is 0.946. The van der Waals surface area contributed by atoms with Gasteiger partial charge in [0.1, 0.15) is 11.9 Å². The first kappa shape index (κ1) is 14.3. The Kier molecular flexibility index (Phi) is 3.93. The monoisotopic (exact) mass is 310 g/mol. The number of benzene rings is 2. The Labute approximate surface area is 120 Å². The number of halogens is 2. The van der Waals surface area contributed by atoms with Crippen molar-refractivity contribution < 1.29 is 12.8 Å². The fourth-order valence-electron chi connectivity index (χ4n) is 1.52. The van der Waals surface area contributed by atoms with E-state index >= 15 is 0 Å². The van der Waals surface area contributed by atoms with Crippen molar-refractivity contribution >= 4 is 27.3 Å². The summed E-state index contributed by atoms with van der Waals surface area (Å²) < 4.78 is 39.4. The van der Waals surface area contributed by atoms with Crippen molar-refractivity contribution in [1.29, 1.82) is 5.26 Å². The maximum atomic E-state index is 13.0. The SMILES string of the molecule is N#Cc1cc(F)ccc1NS(=O)(=O)c1ccc(Cl)cc1. The lowest BCUT2D eigenvalue weighted by molar-refractivity contribution is 0.601. The number of nitriles is 1. The molecular formula is C13H8ClFN2O2S. The first-order chi connectivity index (χ1) is 9.42. The maximum absolute atomic E-state index is 13.0. The van der Waals surface area contributed by atoms with E-state index in [4.69, 9.17) is 16.9 Å². The first-order valence-electron chi connectivity index (χ1n) is 5.40. The van der Waals surface area contributed by atoms with Gasteiger partial charge in [0.15, 0.2) is 0 Å². The molecule has 0 aliphatic carbocycles. The van der Waals surface area contributed by atoms with Crippen molar-refractivity contribution in [3.05, 3.63) is 58.9 Å². The summed E-state index contributed by atoms with van der Waals surface area (Å²) in [4.78, 5) is -0.00452. The molecule has 2 aromatic rings. The third-order valence-electron chi connectivity index (χ3n) is 2.47. The lowest BCUT2D eigenvalue weighted by atomic mass is 10.2. The van der Waals surface area contributed by atoms with Crippen LogP contribution >= 0.6 is 11.6 Å². The minimum absolute atomic E-state index is 0.00452. The smallest absolute Gasteiger partial charge is 0.261 e. The van der Waals surface area contributed by atoms with Gasteiger partial charge in [0, 0.05) is 5.02 Å². The van der Waals surface area contributed by atoms with Gasteiger partial charge in [0.2, 0.25) is 0 Å². The van der Waals surface area contributed by atoms with Gasteiger partial charge in [-0.3, -0.25) is 4.72 Å². The average molecular weight is 311 g/mol. The van der Waals surface area contributed by atoms with Gasteiger partial charge < -0.3 is 0 Å². The van der Waals surface area contributed by atoms with E-state index in [1.807, 2.05) is 0 Å². The van der Waals surface area contributed by atoms with Crippen LogP contribution in [-0.4, -0.2) is 8.42 Å². The topological polar surface area (TPSA) is 70.0 Å². The van der Waals surface area contributed by atoms with E-state index in [0.717, 1.165) is 12.1 Å². The Balaban J connectivity index is 2.39. The summed E-state index contributed by atoms with van der Waals surface area (Å²) >= 11 is 5.69. The van der Waals surface area contributed by atoms with Crippen LogP contribution in [0.3, 0.4) is 0 Å². The van der Waals surface area contributed by atoms with E-state index in [9.17, 15) is 12.8 Å². The lowest BCUT2D eigenvalue weighted by Crippen LogP contribution is -2.13. The molecule has 2 aromatic carbocycles. The summed E-state index contributed by atoms with van der Waals surface area (Å²) in [5, 5.41) is 9.28. The van der Waals surface area contributed by atoms with Crippen molar-refractivity contribution in [3.63, 3.8) is 0 Å². The summed E-state index contributed by atoms with van der Waals surface area (Å²) in [5.41, 5.74) is -0.0774. The average Bonchev–Trinajstić information content (AvgIpc) is 2.41. The molecule has 0 radical (unpaired) electrons. The second-order valence-electron chi connectivity index (χ2n) is 3.86. The van der Waals surface area contributed by atoms with Crippen LogP contribution in [0.1, 0.15) is 5.56 Å². The molecule has 1 N–H and O–H groups in total. The molecule has 0 spiro atoms. The molecule has 0 atom stereocenters. The standard InChI is InChI=1S/C13H8ClFN2O2S/c14-10-1-4-12(5-2-10)20(18,19)17-13-6-3-11(15)7-9(13)8-16/h1-7,17H.